The average Bonchev–Trinajstić information content (AvgIpc) is 2.26. The molecule has 1 aliphatic rings. The minimum atomic E-state index is -0.144. The van der Waals surface area contributed by atoms with Crippen molar-refractivity contribution in [1.82, 2.24) is 4.90 Å². The zero-order valence-corrected chi connectivity index (χ0v) is 13.4. The average molecular weight is 255 g/mol. The fourth-order valence-corrected chi connectivity index (χ4v) is 3.13. The molecule has 1 saturated carbocycles. The highest BCUT2D eigenvalue weighted by atomic mass is 16.3. The Morgan fingerprint density at radius 3 is 2.11 bits per heavy atom. The second-order valence-corrected chi connectivity index (χ2v) is 7.66. The van der Waals surface area contributed by atoms with Gasteiger partial charge in [-0.05, 0) is 50.5 Å². The third-order valence-electron chi connectivity index (χ3n) is 5.14. The molecule has 1 rings (SSSR count). The summed E-state index contributed by atoms with van der Waals surface area (Å²) in [5, 5.41) is 10.3. The second-order valence-electron chi connectivity index (χ2n) is 7.66. The van der Waals surface area contributed by atoms with Gasteiger partial charge in [0.15, 0.2) is 0 Å². The Balaban J connectivity index is 2.73. The SMILES string of the molecule is CC(C)C(C)N(C)C1CC(C(C)(C)C)CCC1O. The van der Waals surface area contributed by atoms with Gasteiger partial charge in [-0.2, -0.15) is 0 Å². The molecule has 2 heteroatoms. The predicted molar refractivity (Wildman–Crippen MR) is 78.7 cm³/mol. The van der Waals surface area contributed by atoms with Gasteiger partial charge in [-0.25, -0.2) is 0 Å². The first-order valence-electron chi connectivity index (χ1n) is 7.54. The van der Waals surface area contributed by atoms with Gasteiger partial charge in [0, 0.05) is 12.1 Å². The van der Waals surface area contributed by atoms with Crippen LogP contribution in [0.4, 0.5) is 0 Å². The molecule has 18 heavy (non-hydrogen) atoms. The first kappa shape index (κ1) is 16.0. The lowest BCUT2D eigenvalue weighted by atomic mass is 9.69. The summed E-state index contributed by atoms with van der Waals surface area (Å²) in [5.74, 6) is 1.37. The van der Waals surface area contributed by atoms with E-state index in [4.69, 9.17) is 0 Å². The number of likely N-dealkylation sites (N-methyl/N-ethyl adjacent to an activating group) is 1. The summed E-state index contributed by atoms with van der Waals surface area (Å²) < 4.78 is 0. The fraction of sp³-hybridized carbons (Fsp3) is 1.00. The molecule has 0 radical (unpaired) electrons. The molecular formula is C16H33NO. The van der Waals surface area contributed by atoms with Gasteiger partial charge in [0.1, 0.15) is 0 Å². The van der Waals surface area contributed by atoms with Gasteiger partial charge >= 0.3 is 0 Å². The van der Waals surface area contributed by atoms with Crippen molar-refractivity contribution >= 4 is 0 Å². The minimum absolute atomic E-state index is 0.144. The molecule has 0 saturated heterocycles. The monoisotopic (exact) mass is 255 g/mol. The van der Waals surface area contributed by atoms with E-state index in [0.717, 1.165) is 18.8 Å². The molecule has 1 aliphatic carbocycles. The van der Waals surface area contributed by atoms with Gasteiger partial charge in [0.2, 0.25) is 0 Å². The first-order chi connectivity index (χ1) is 8.14. The van der Waals surface area contributed by atoms with Crippen molar-refractivity contribution in [3.63, 3.8) is 0 Å². The number of nitrogens with zero attached hydrogens (tertiary/aromatic N) is 1. The maximum Gasteiger partial charge on any atom is 0.0695 e. The van der Waals surface area contributed by atoms with E-state index >= 15 is 0 Å². The van der Waals surface area contributed by atoms with Gasteiger partial charge in [0.05, 0.1) is 6.10 Å². The predicted octanol–water partition coefficient (Wildman–Crippen LogP) is 3.54. The molecular weight excluding hydrogens is 222 g/mol. The Hall–Kier alpha value is -0.0800. The van der Waals surface area contributed by atoms with Gasteiger partial charge in [-0.15, -0.1) is 0 Å². The third-order valence-corrected chi connectivity index (χ3v) is 5.14. The van der Waals surface area contributed by atoms with E-state index in [1.807, 2.05) is 0 Å². The smallest absolute Gasteiger partial charge is 0.0695 e. The van der Waals surface area contributed by atoms with Gasteiger partial charge in [-0.1, -0.05) is 34.6 Å². The molecule has 0 spiro atoms. The quantitative estimate of drug-likeness (QED) is 0.834. The van der Waals surface area contributed by atoms with Crippen LogP contribution in [0.15, 0.2) is 0 Å². The van der Waals surface area contributed by atoms with Crippen LogP contribution in [0, 0.1) is 17.3 Å². The van der Waals surface area contributed by atoms with Crippen LogP contribution in [0.3, 0.4) is 0 Å². The minimum Gasteiger partial charge on any atom is -0.391 e. The van der Waals surface area contributed by atoms with Crippen LogP contribution in [-0.4, -0.2) is 35.2 Å². The van der Waals surface area contributed by atoms with Crippen LogP contribution in [0.5, 0.6) is 0 Å². The summed E-state index contributed by atoms with van der Waals surface area (Å²) in [4.78, 5) is 2.41. The number of aliphatic hydroxyl groups is 1. The van der Waals surface area contributed by atoms with Crippen molar-refractivity contribution in [2.24, 2.45) is 17.3 Å². The standard InChI is InChI=1S/C16H33NO/c1-11(2)12(3)17(7)14-10-13(16(4,5)6)8-9-15(14)18/h11-15,18H,8-10H2,1-7H3. The number of hydrogen-bond donors (Lipinski definition) is 1. The molecule has 108 valence electrons. The highest BCUT2D eigenvalue weighted by Crippen LogP contribution is 2.39. The van der Waals surface area contributed by atoms with Crippen LogP contribution in [0.1, 0.15) is 60.8 Å². The topological polar surface area (TPSA) is 23.5 Å². The summed E-state index contributed by atoms with van der Waals surface area (Å²) >= 11 is 0. The Kier molecular flexibility index (Phi) is 5.25. The van der Waals surface area contributed by atoms with E-state index in [9.17, 15) is 5.11 Å². The highest BCUT2D eigenvalue weighted by Gasteiger charge is 2.38. The zero-order chi connectivity index (χ0) is 14.1. The largest absolute Gasteiger partial charge is 0.391 e. The van der Waals surface area contributed by atoms with Gasteiger partial charge in [-0.3, -0.25) is 4.90 Å². The molecule has 0 bridgehead atoms. The second kappa shape index (κ2) is 5.92. The van der Waals surface area contributed by atoms with Crippen molar-refractivity contribution in [1.29, 1.82) is 0 Å². The molecule has 0 aliphatic heterocycles. The fourth-order valence-electron chi connectivity index (χ4n) is 3.13. The highest BCUT2D eigenvalue weighted by molar-refractivity contribution is 4.91. The van der Waals surface area contributed by atoms with Crippen LogP contribution in [-0.2, 0) is 0 Å². The van der Waals surface area contributed by atoms with Crippen molar-refractivity contribution in [2.45, 2.75) is 79.0 Å². The molecule has 4 unspecified atom stereocenters. The van der Waals surface area contributed by atoms with E-state index in [0.29, 0.717) is 23.4 Å². The maximum absolute atomic E-state index is 10.3. The normalized spacial score (nSPS) is 32.0. The van der Waals surface area contributed by atoms with E-state index in [1.165, 1.54) is 6.42 Å². The molecule has 4 atom stereocenters. The molecule has 0 aromatic carbocycles. The molecule has 0 aromatic rings. The van der Waals surface area contributed by atoms with E-state index in [-0.39, 0.29) is 6.10 Å². The molecule has 0 heterocycles. The lowest BCUT2D eigenvalue weighted by molar-refractivity contribution is -0.0261. The molecule has 2 nitrogen and oxygen atoms in total. The van der Waals surface area contributed by atoms with Crippen molar-refractivity contribution < 1.29 is 5.11 Å². The van der Waals surface area contributed by atoms with Gasteiger partial charge < -0.3 is 5.11 Å². The molecule has 0 aromatic heterocycles. The summed E-state index contributed by atoms with van der Waals surface area (Å²) in [6.45, 7) is 13.8. The van der Waals surface area contributed by atoms with Crippen LogP contribution in [0.2, 0.25) is 0 Å². The number of hydrogen-bond acceptors (Lipinski definition) is 2. The Labute approximate surface area is 114 Å². The van der Waals surface area contributed by atoms with Crippen molar-refractivity contribution in [2.75, 3.05) is 7.05 Å². The summed E-state index contributed by atoms with van der Waals surface area (Å²) in [7, 11) is 2.18. The third kappa shape index (κ3) is 3.71. The van der Waals surface area contributed by atoms with Gasteiger partial charge in [0.25, 0.3) is 0 Å². The van der Waals surface area contributed by atoms with E-state index in [1.54, 1.807) is 0 Å². The first-order valence-corrected chi connectivity index (χ1v) is 7.54. The Morgan fingerprint density at radius 1 is 1.11 bits per heavy atom. The van der Waals surface area contributed by atoms with E-state index in [2.05, 4.69) is 53.5 Å². The Morgan fingerprint density at radius 2 is 1.67 bits per heavy atom. The summed E-state index contributed by atoms with van der Waals surface area (Å²) in [5.41, 5.74) is 0.361. The van der Waals surface area contributed by atoms with Crippen molar-refractivity contribution in [3.8, 4) is 0 Å². The molecule has 1 fully saturated rings. The van der Waals surface area contributed by atoms with E-state index < -0.39 is 0 Å². The van der Waals surface area contributed by atoms with Crippen LogP contribution < -0.4 is 0 Å². The summed E-state index contributed by atoms with van der Waals surface area (Å²) in [6.07, 6.45) is 3.13. The lowest BCUT2D eigenvalue weighted by Gasteiger charge is -2.45. The number of rotatable bonds is 3. The molecule has 0 amide bonds. The van der Waals surface area contributed by atoms with Crippen LogP contribution >= 0.6 is 0 Å². The molecule has 1 N–H and O–H groups in total. The zero-order valence-electron chi connectivity index (χ0n) is 13.4. The summed E-state index contributed by atoms with van der Waals surface area (Å²) in [6, 6.07) is 0.865. The lowest BCUT2D eigenvalue weighted by Crippen LogP contribution is -2.51. The Bertz CT molecular complexity index is 256. The van der Waals surface area contributed by atoms with Crippen molar-refractivity contribution in [3.05, 3.63) is 0 Å². The number of aliphatic hydroxyl groups excluding tert-OH is 1. The maximum atomic E-state index is 10.3. The van der Waals surface area contributed by atoms with Crippen LogP contribution in [0.25, 0.3) is 0 Å².